The first-order valence-electron chi connectivity index (χ1n) is 6.17. The zero-order chi connectivity index (χ0) is 13.0. The topological polar surface area (TPSA) is 114 Å². The maximum Gasteiger partial charge on any atom is 0.165 e. The van der Waals surface area contributed by atoms with Crippen molar-refractivity contribution >= 4 is 17.0 Å². The predicted molar refractivity (Wildman–Crippen MR) is 66.2 cm³/mol. The van der Waals surface area contributed by atoms with E-state index >= 15 is 0 Å². The molecule has 0 aliphatic carbocycles. The summed E-state index contributed by atoms with van der Waals surface area (Å²) < 4.78 is 13.4. The van der Waals surface area contributed by atoms with Crippen molar-refractivity contribution in [3.63, 3.8) is 0 Å². The van der Waals surface area contributed by atoms with Crippen molar-refractivity contribution in [2.24, 2.45) is 5.73 Å². The van der Waals surface area contributed by atoms with E-state index in [2.05, 4.69) is 15.0 Å². The third kappa shape index (κ3) is 1.47. The summed E-state index contributed by atoms with van der Waals surface area (Å²) in [5.74, 6) is 0.378. The Balaban J connectivity index is 1.77. The molecule has 4 atom stereocenters. The van der Waals surface area contributed by atoms with Gasteiger partial charge in [-0.1, -0.05) is 0 Å². The van der Waals surface area contributed by atoms with Crippen molar-refractivity contribution in [2.75, 3.05) is 18.9 Å². The van der Waals surface area contributed by atoms with E-state index in [1.165, 1.54) is 6.33 Å². The van der Waals surface area contributed by atoms with Gasteiger partial charge in [-0.15, -0.1) is 0 Å². The van der Waals surface area contributed by atoms with Crippen molar-refractivity contribution < 1.29 is 9.47 Å². The fraction of sp³-hybridized carbons (Fsp3) is 0.545. The first kappa shape index (κ1) is 11.1. The molecule has 4 rings (SSSR count). The zero-order valence-electron chi connectivity index (χ0n) is 10.1. The van der Waals surface area contributed by atoms with E-state index in [1.807, 2.05) is 4.57 Å². The average Bonchev–Trinajstić information content (AvgIpc) is 3.06. The Morgan fingerprint density at radius 3 is 2.89 bits per heavy atom. The van der Waals surface area contributed by atoms with Crippen LogP contribution in [0.1, 0.15) is 6.04 Å². The molecular weight excluding hydrogens is 248 g/mol. The van der Waals surface area contributed by atoms with Gasteiger partial charge in [0.15, 0.2) is 11.5 Å². The van der Waals surface area contributed by atoms with Crippen LogP contribution in [0.15, 0.2) is 12.7 Å². The van der Waals surface area contributed by atoms with Gasteiger partial charge in [0.2, 0.25) is 0 Å². The van der Waals surface area contributed by atoms with Gasteiger partial charge in [0.1, 0.15) is 24.1 Å². The molecule has 2 saturated heterocycles. The zero-order valence-corrected chi connectivity index (χ0v) is 10.1. The number of anilines is 1. The highest BCUT2D eigenvalue weighted by molar-refractivity contribution is 5.81. The molecule has 0 radical (unpaired) electrons. The largest absolute Gasteiger partial charge is 0.382 e. The molecule has 4 N–H and O–H groups in total. The highest BCUT2D eigenvalue weighted by Gasteiger charge is 2.47. The van der Waals surface area contributed by atoms with Gasteiger partial charge in [-0.2, -0.15) is 0 Å². The summed E-state index contributed by atoms with van der Waals surface area (Å²) in [6.07, 6.45) is 3.04. The Kier molecular flexibility index (Phi) is 2.25. The van der Waals surface area contributed by atoms with Gasteiger partial charge >= 0.3 is 0 Å². The highest BCUT2D eigenvalue weighted by Crippen LogP contribution is 2.35. The Bertz CT molecular complexity index is 629. The summed E-state index contributed by atoms with van der Waals surface area (Å²) >= 11 is 0. The molecule has 2 aliphatic rings. The number of rotatable bonds is 1. The normalized spacial score (nSPS) is 33.9. The summed E-state index contributed by atoms with van der Waals surface area (Å²) in [5.41, 5.74) is 13.0. The fourth-order valence-electron chi connectivity index (χ4n) is 2.86. The Hall–Kier alpha value is -1.77. The second-order valence-corrected chi connectivity index (χ2v) is 4.91. The lowest BCUT2D eigenvalue weighted by atomic mass is 10.1. The molecule has 4 heterocycles. The second-order valence-electron chi connectivity index (χ2n) is 4.91. The first-order chi connectivity index (χ1) is 9.25. The number of fused-ring (bicyclic) bond motifs is 2. The summed E-state index contributed by atoms with van der Waals surface area (Å²) in [6, 6.07) is -0.0395. The van der Waals surface area contributed by atoms with Crippen LogP contribution in [0.25, 0.3) is 11.2 Å². The van der Waals surface area contributed by atoms with Crippen LogP contribution < -0.4 is 11.5 Å². The lowest BCUT2D eigenvalue weighted by molar-refractivity contribution is 0.0646. The van der Waals surface area contributed by atoms with Gasteiger partial charge in [-0.3, -0.25) is 0 Å². The van der Waals surface area contributed by atoms with E-state index in [4.69, 9.17) is 20.9 Å². The first-order valence-corrected chi connectivity index (χ1v) is 6.17. The quantitative estimate of drug-likeness (QED) is 0.682. The summed E-state index contributed by atoms with van der Waals surface area (Å²) in [5, 5.41) is 0. The van der Waals surface area contributed by atoms with Gasteiger partial charge < -0.3 is 25.5 Å². The SMILES string of the molecule is Nc1ncnc2c1ncn2[C@H]1CO[C@H]2[C@@H]1OC[C@H]2N. The van der Waals surface area contributed by atoms with Crippen LogP contribution in [-0.4, -0.2) is 51.0 Å². The minimum absolute atomic E-state index is 0.0258. The number of ether oxygens (including phenoxy) is 2. The molecule has 0 amide bonds. The summed E-state index contributed by atoms with van der Waals surface area (Å²) in [4.78, 5) is 12.4. The molecule has 0 saturated carbocycles. The monoisotopic (exact) mass is 262 g/mol. The van der Waals surface area contributed by atoms with Crippen molar-refractivity contribution in [3.05, 3.63) is 12.7 Å². The number of nitrogens with zero attached hydrogens (tertiary/aromatic N) is 4. The molecule has 100 valence electrons. The molecule has 2 aromatic rings. The van der Waals surface area contributed by atoms with Crippen LogP contribution in [0.3, 0.4) is 0 Å². The molecule has 2 aliphatic heterocycles. The van der Waals surface area contributed by atoms with E-state index in [1.54, 1.807) is 6.33 Å². The number of hydrogen-bond donors (Lipinski definition) is 2. The second kappa shape index (κ2) is 3.86. The van der Waals surface area contributed by atoms with Crippen LogP contribution in [-0.2, 0) is 9.47 Å². The Morgan fingerprint density at radius 2 is 2.00 bits per heavy atom. The van der Waals surface area contributed by atoms with Crippen molar-refractivity contribution in [1.29, 1.82) is 0 Å². The van der Waals surface area contributed by atoms with E-state index in [0.717, 1.165) is 0 Å². The van der Waals surface area contributed by atoms with E-state index in [0.29, 0.717) is 30.2 Å². The molecule has 8 heteroatoms. The molecule has 0 bridgehead atoms. The van der Waals surface area contributed by atoms with E-state index in [-0.39, 0.29) is 24.3 Å². The smallest absolute Gasteiger partial charge is 0.165 e. The van der Waals surface area contributed by atoms with Crippen LogP contribution in [0.5, 0.6) is 0 Å². The van der Waals surface area contributed by atoms with Gasteiger partial charge in [-0.25, -0.2) is 15.0 Å². The maximum atomic E-state index is 5.95. The number of nitrogen functional groups attached to an aromatic ring is 1. The standard InChI is InChI=1S/C11H14N6O2/c12-5-1-18-9-6(2-19-8(5)9)17-4-16-7-10(13)14-3-15-11(7)17/h3-6,8-9H,1-2,12H2,(H2,13,14,15)/t5-,6+,8-,9-/m1/s1. The third-order valence-corrected chi connectivity index (χ3v) is 3.81. The van der Waals surface area contributed by atoms with Crippen LogP contribution >= 0.6 is 0 Å². The number of hydrogen-bond acceptors (Lipinski definition) is 7. The summed E-state index contributed by atoms with van der Waals surface area (Å²) in [7, 11) is 0. The molecule has 0 aromatic carbocycles. The molecule has 8 nitrogen and oxygen atoms in total. The van der Waals surface area contributed by atoms with Gasteiger partial charge in [0.05, 0.1) is 31.6 Å². The van der Waals surface area contributed by atoms with Crippen LogP contribution in [0, 0.1) is 0 Å². The number of imidazole rings is 1. The Morgan fingerprint density at radius 1 is 1.16 bits per heavy atom. The van der Waals surface area contributed by atoms with Crippen molar-refractivity contribution in [3.8, 4) is 0 Å². The third-order valence-electron chi connectivity index (χ3n) is 3.81. The lowest BCUT2D eigenvalue weighted by Gasteiger charge is -2.17. The van der Waals surface area contributed by atoms with Crippen molar-refractivity contribution in [1.82, 2.24) is 19.5 Å². The van der Waals surface area contributed by atoms with Crippen molar-refractivity contribution in [2.45, 2.75) is 24.3 Å². The maximum absolute atomic E-state index is 5.95. The van der Waals surface area contributed by atoms with E-state index < -0.39 is 0 Å². The predicted octanol–water partition coefficient (Wildman–Crippen LogP) is -0.925. The minimum atomic E-state index is -0.0653. The average molecular weight is 262 g/mol. The van der Waals surface area contributed by atoms with Gasteiger partial charge in [-0.05, 0) is 0 Å². The lowest BCUT2D eigenvalue weighted by Crippen LogP contribution is -2.36. The Labute approximate surface area is 108 Å². The highest BCUT2D eigenvalue weighted by atomic mass is 16.6. The molecule has 0 unspecified atom stereocenters. The van der Waals surface area contributed by atoms with Gasteiger partial charge in [0, 0.05) is 0 Å². The molecule has 0 spiro atoms. The minimum Gasteiger partial charge on any atom is -0.382 e. The van der Waals surface area contributed by atoms with Crippen LogP contribution in [0.4, 0.5) is 5.82 Å². The summed E-state index contributed by atoms with van der Waals surface area (Å²) in [6.45, 7) is 1.06. The number of aromatic nitrogens is 4. The fourth-order valence-corrected chi connectivity index (χ4v) is 2.86. The molecule has 19 heavy (non-hydrogen) atoms. The van der Waals surface area contributed by atoms with Crippen LogP contribution in [0.2, 0.25) is 0 Å². The molecule has 2 aromatic heterocycles. The molecule has 2 fully saturated rings. The van der Waals surface area contributed by atoms with Gasteiger partial charge in [0.25, 0.3) is 0 Å². The van der Waals surface area contributed by atoms with E-state index in [9.17, 15) is 0 Å². The number of nitrogens with two attached hydrogens (primary N) is 2. The molecular formula is C11H14N6O2.